The van der Waals surface area contributed by atoms with Gasteiger partial charge in [-0.05, 0) is 70.6 Å². The summed E-state index contributed by atoms with van der Waals surface area (Å²) in [5.41, 5.74) is 0. The van der Waals surface area contributed by atoms with Gasteiger partial charge in [-0.25, -0.2) is 0 Å². The summed E-state index contributed by atoms with van der Waals surface area (Å²) in [5.74, 6) is -0.683. The number of unbranched alkanes of at least 4 members (excludes halogenated alkanes) is 17. The fourth-order valence-corrected chi connectivity index (χ4v) is 5.79. The lowest BCUT2D eigenvalue weighted by atomic mass is 10.0. The molecule has 0 fully saturated rings. The first-order valence-corrected chi connectivity index (χ1v) is 20.3. The van der Waals surface area contributed by atoms with Gasteiger partial charge < -0.3 is 9.84 Å². The third-order valence-electron chi connectivity index (χ3n) is 8.75. The standard InChI is InChI=1S/C44H76O4/c1-3-5-7-8-9-10-11-12-13-14-19-22-25-28-31-34-37-41-44(47)48-42(38-6-4-2)39-35-32-29-26-23-20-17-15-16-18-21-24-27-30-33-36-40-43(45)46/h5,7,9-10,12-13,19,22,28,31,42H,3-4,6,8,11,14-18,20-21,23-27,29-30,32-41H2,1-2H3,(H,45,46)/b7-5-,10-9-,13-12-,22-19-,31-28-. The van der Waals surface area contributed by atoms with Crippen LogP contribution in [-0.4, -0.2) is 23.1 Å². The molecule has 0 rings (SSSR count). The zero-order valence-corrected chi connectivity index (χ0v) is 31.5. The number of carbonyl (C=O) groups excluding carboxylic acids is 1. The Morgan fingerprint density at radius 3 is 1.31 bits per heavy atom. The van der Waals surface area contributed by atoms with Crippen molar-refractivity contribution < 1.29 is 19.4 Å². The summed E-state index contributed by atoms with van der Waals surface area (Å²) in [4.78, 5) is 23.0. The predicted molar refractivity (Wildman–Crippen MR) is 208 cm³/mol. The number of carboxylic acid groups (broad SMARTS) is 1. The van der Waals surface area contributed by atoms with Gasteiger partial charge in [0.15, 0.2) is 0 Å². The van der Waals surface area contributed by atoms with Gasteiger partial charge in [-0.1, -0.05) is 177 Å². The molecule has 0 aliphatic rings. The summed E-state index contributed by atoms with van der Waals surface area (Å²) in [5, 5.41) is 8.66. The van der Waals surface area contributed by atoms with E-state index in [0.717, 1.165) is 83.5 Å². The van der Waals surface area contributed by atoms with Gasteiger partial charge in [0.05, 0.1) is 0 Å². The Kier molecular flexibility index (Phi) is 37.2. The second-order valence-corrected chi connectivity index (χ2v) is 13.4. The smallest absolute Gasteiger partial charge is 0.306 e. The molecule has 0 heterocycles. The molecule has 0 aromatic heterocycles. The van der Waals surface area contributed by atoms with Crippen molar-refractivity contribution in [2.24, 2.45) is 0 Å². The van der Waals surface area contributed by atoms with Crippen LogP contribution in [0.15, 0.2) is 60.8 Å². The van der Waals surface area contributed by atoms with E-state index in [9.17, 15) is 9.59 Å². The number of ether oxygens (including phenoxy) is 1. The Bertz CT molecular complexity index is 850. The molecule has 4 nitrogen and oxygen atoms in total. The van der Waals surface area contributed by atoms with Gasteiger partial charge in [-0.2, -0.15) is 0 Å². The van der Waals surface area contributed by atoms with Gasteiger partial charge in [-0.15, -0.1) is 0 Å². The average molecular weight is 669 g/mol. The first kappa shape index (κ1) is 45.6. The van der Waals surface area contributed by atoms with E-state index in [0.29, 0.717) is 12.8 Å². The van der Waals surface area contributed by atoms with Crippen LogP contribution in [0.3, 0.4) is 0 Å². The van der Waals surface area contributed by atoms with Crippen LogP contribution in [0.5, 0.6) is 0 Å². The van der Waals surface area contributed by atoms with Crippen LogP contribution in [-0.2, 0) is 14.3 Å². The van der Waals surface area contributed by atoms with Crippen LogP contribution in [0, 0.1) is 0 Å². The minimum atomic E-state index is -0.666. The average Bonchev–Trinajstić information content (AvgIpc) is 3.07. The van der Waals surface area contributed by atoms with E-state index >= 15 is 0 Å². The van der Waals surface area contributed by atoms with E-state index in [1.54, 1.807) is 0 Å². The van der Waals surface area contributed by atoms with Crippen LogP contribution in [0.4, 0.5) is 0 Å². The molecule has 0 spiro atoms. The maximum atomic E-state index is 12.5. The number of allylic oxidation sites excluding steroid dienone is 10. The molecule has 0 bridgehead atoms. The topological polar surface area (TPSA) is 63.6 Å². The lowest BCUT2D eigenvalue weighted by Gasteiger charge is -2.17. The van der Waals surface area contributed by atoms with Crippen LogP contribution in [0.2, 0.25) is 0 Å². The van der Waals surface area contributed by atoms with Gasteiger partial charge >= 0.3 is 11.9 Å². The summed E-state index contributed by atoms with van der Waals surface area (Å²) in [6.45, 7) is 4.37. The molecule has 0 radical (unpaired) electrons. The Hall–Kier alpha value is -2.36. The number of hydrogen-bond acceptors (Lipinski definition) is 3. The van der Waals surface area contributed by atoms with Crippen LogP contribution in [0.25, 0.3) is 0 Å². The molecule has 48 heavy (non-hydrogen) atoms. The molecule has 0 aliphatic heterocycles. The quantitative estimate of drug-likeness (QED) is 0.0410. The zero-order chi connectivity index (χ0) is 35.0. The first-order valence-electron chi connectivity index (χ1n) is 20.3. The van der Waals surface area contributed by atoms with Gasteiger partial charge in [-0.3, -0.25) is 9.59 Å². The highest BCUT2D eigenvalue weighted by Crippen LogP contribution is 2.18. The molecule has 0 aliphatic carbocycles. The summed E-state index contributed by atoms with van der Waals surface area (Å²) in [6.07, 6.45) is 54.4. The number of carbonyl (C=O) groups is 2. The fraction of sp³-hybridized carbons (Fsp3) is 0.727. The zero-order valence-electron chi connectivity index (χ0n) is 31.5. The number of aliphatic carboxylic acids is 1. The van der Waals surface area contributed by atoms with E-state index < -0.39 is 5.97 Å². The molecule has 1 unspecified atom stereocenters. The maximum Gasteiger partial charge on any atom is 0.306 e. The van der Waals surface area contributed by atoms with Crippen molar-refractivity contribution in [2.45, 2.75) is 206 Å². The second-order valence-electron chi connectivity index (χ2n) is 13.4. The molecule has 4 heteroatoms. The molecule has 0 aromatic rings. The van der Waals surface area contributed by atoms with Crippen molar-refractivity contribution in [1.82, 2.24) is 0 Å². The highest BCUT2D eigenvalue weighted by molar-refractivity contribution is 5.69. The monoisotopic (exact) mass is 669 g/mol. The Balaban J connectivity index is 3.73. The summed E-state index contributed by atoms with van der Waals surface area (Å²) in [7, 11) is 0. The van der Waals surface area contributed by atoms with Crippen molar-refractivity contribution in [2.75, 3.05) is 0 Å². The molecule has 0 aromatic carbocycles. The summed E-state index contributed by atoms with van der Waals surface area (Å²) in [6, 6.07) is 0. The largest absolute Gasteiger partial charge is 0.481 e. The minimum absolute atomic E-state index is 0.0172. The normalized spacial score (nSPS) is 12.9. The molecule has 0 saturated heterocycles. The third-order valence-corrected chi connectivity index (χ3v) is 8.75. The highest BCUT2D eigenvalue weighted by atomic mass is 16.5. The van der Waals surface area contributed by atoms with Crippen molar-refractivity contribution in [3.05, 3.63) is 60.8 Å². The Morgan fingerprint density at radius 1 is 0.479 bits per heavy atom. The summed E-state index contributed by atoms with van der Waals surface area (Å²) < 4.78 is 5.91. The van der Waals surface area contributed by atoms with Crippen molar-refractivity contribution >= 4 is 11.9 Å². The molecule has 0 amide bonds. The van der Waals surface area contributed by atoms with Crippen molar-refractivity contribution in [1.29, 1.82) is 0 Å². The van der Waals surface area contributed by atoms with Crippen molar-refractivity contribution in [3.63, 3.8) is 0 Å². The van der Waals surface area contributed by atoms with E-state index in [1.807, 2.05) is 0 Å². The number of hydrogen-bond donors (Lipinski definition) is 1. The lowest BCUT2D eigenvalue weighted by Crippen LogP contribution is -2.18. The van der Waals surface area contributed by atoms with Crippen LogP contribution >= 0.6 is 0 Å². The molecular weight excluding hydrogens is 592 g/mol. The third kappa shape index (κ3) is 38.1. The number of carboxylic acids is 1. The van der Waals surface area contributed by atoms with Crippen LogP contribution < -0.4 is 0 Å². The first-order chi connectivity index (χ1) is 23.6. The van der Waals surface area contributed by atoms with Crippen molar-refractivity contribution in [3.8, 4) is 0 Å². The summed E-state index contributed by atoms with van der Waals surface area (Å²) >= 11 is 0. The maximum absolute atomic E-state index is 12.5. The highest BCUT2D eigenvalue weighted by Gasteiger charge is 2.13. The van der Waals surface area contributed by atoms with Crippen LogP contribution in [0.1, 0.15) is 200 Å². The van der Waals surface area contributed by atoms with E-state index in [2.05, 4.69) is 74.6 Å². The Labute approximate surface area is 297 Å². The number of esters is 1. The Morgan fingerprint density at radius 2 is 0.875 bits per heavy atom. The van der Waals surface area contributed by atoms with E-state index in [-0.39, 0.29) is 12.1 Å². The molecule has 276 valence electrons. The minimum Gasteiger partial charge on any atom is -0.481 e. The second kappa shape index (κ2) is 39.1. The van der Waals surface area contributed by atoms with E-state index in [1.165, 1.54) is 89.9 Å². The molecule has 1 atom stereocenters. The molecular formula is C44H76O4. The van der Waals surface area contributed by atoms with Gasteiger partial charge in [0.1, 0.15) is 6.10 Å². The predicted octanol–water partition coefficient (Wildman–Crippen LogP) is 14.1. The SMILES string of the molecule is CC/C=C\C/C=C\C/C=C\C/C=C\C/C=C\CCCC(=O)OC(CCCC)CCCCCCCCCCCCCCCCCCC(=O)O. The number of rotatable bonds is 36. The van der Waals surface area contributed by atoms with Gasteiger partial charge in [0.2, 0.25) is 0 Å². The lowest BCUT2D eigenvalue weighted by molar-refractivity contribution is -0.150. The van der Waals surface area contributed by atoms with Gasteiger partial charge in [0, 0.05) is 12.8 Å². The van der Waals surface area contributed by atoms with E-state index in [4.69, 9.17) is 9.84 Å². The fourth-order valence-electron chi connectivity index (χ4n) is 5.79. The van der Waals surface area contributed by atoms with Gasteiger partial charge in [0.25, 0.3) is 0 Å². The molecule has 0 saturated carbocycles. The molecule has 1 N–H and O–H groups in total.